The van der Waals surface area contributed by atoms with Gasteiger partial charge in [-0.2, -0.15) is 0 Å². The third-order valence-corrected chi connectivity index (χ3v) is 2.59. The van der Waals surface area contributed by atoms with Gasteiger partial charge in [0.25, 0.3) is 5.91 Å². The Morgan fingerprint density at radius 1 is 1.47 bits per heavy atom. The van der Waals surface area contributed by atoms with Gasteiger partial charge in [-0.05, 0) is 47.9 Å². The van der Waals surface area contributed by atoms with Crippen molar-refractivity contribution in [1.82, 2.24) is 10.3 Å². The molecule has 0 radical (unpaired) electrons. The Morgan fingerprint density at radius 2 is 2.29 bits per heavy atom. The van der Waals surface area contributed by atoms with Crippen LogP contribution >= 0.6 is 11.6 Å². The van der Waals surface area contributed by atoms with Gasteiger partial charge < -0.3 is 9.73 Å². The predicted molar refractivity (Wildman–Crippen MR) is 63.9 cm³/mol. The lowest BCUT2D eigenvalue weighted by molar-refractivity contribution is 0.0923. The topological polar surface area (TPSA) is 55.1 Å². The fraction of sp³-hybridized carbons (Fsp3) is 0.167. The summed E-state index contributed by atoms with van der Waals surface area (Å²) >= 11 is 5.59. The van der Waals surface area contributed by atoms with Crippen LogP contribution < -0.4 is 5.32 Å². The van der Waals surface area contributed by atoms with Crippen LogP contribution in [0.25, 0.3) is 0 Å². The van der Waals surface area contributed by atoms with E-state index in [-0.39, 0.29) is 16.9 Å². The van der Waals surface area contributed by atoms with Crippen LogP contribution in [0.3, 0.4) is 0 Å². The lowest BCUT2D eigenvalue weighted by Crippen LogP contribution is -2.22. The van der Waals surface area contributed by atoms with Crippen molar-refractivity contribution >= 4 is 17.5 Å². The van der Waals surface area contributed by atoms with E-state index >= 15 is 0 Å². The first-order valence-corrected chi connectivity index (χ1v) is 5.47. The molecule has 2 aromatic rings. The van der Waals surface area contributed by atoms with Crippen LogP contribution in [0, 0.1) is 6.92 Å². The molecule has 17 heavy (non-hydrogen) atoms. The molecule has 2 rings (SSSR count). The summed E-state index contributed by atoms with van der Waals surface area (Å²) in [6, 6.07) is 4.96. The van der Waals surface area contributed by atoms with E-state index in [0.717, 1.165) is 11.1 Å². The van der Waals surface area contributed by atoms with E-state index < -0.39 is 0 Å². The van der Waals surface area contributed by atoms with Crippen LogP contribution in [-0.2, 0) is 6.54 Å². The Balaban J connectivity index is 1.99. The van der Waals surface area contributed by atoms with Gasteiger partial charge in [0.2, 0.25) is 0 Å². The van der Waals surface area contributed by atoms with Gasteiger partial charge in [-0.1, -0.05) is 0 Å². The van der Waals surface area contributed by atoms with Crippen molar-refractivity contribution in [2.75, 3.05) is 0 Å². The summed E-state index contributed by atoms with van der Waals surface area (Å²) in [4.78, 5) is 15.7. The third kappa shape index (κ3) is 2.85. The molecule has 0 aliphatic rings. The van der Waals surface area contributed by atoms with Gasteiger partial charge >= 0.3 is 0 Å². The molecule has 88 valence electrons. The number of nitrogens with one attached hydrogen (secondary N) is 1. The minimum absolute atomic E-state index is 0.202. The van der Waals surface area contributed by atoms with Crippen LogP contribution in [0.5, 0.6) is 0 Å². The summed E-state index contributed by atoms with van der Waals surface area (Å²) in [5.41, 5.74) is 2.05. The van der Waals surface area contributed by atoms with Crippen molar-refractivity contribution in [3.8, 4) is 0 Å². The highest BCUT2D eigenvalue weighted by atomic mass is 35.5. The molecule has 0 saturated heterocycles. The van der Waals surface area contributed by atoms with E-state index in [1.807, 2.05) is 13.0 Å². The van der Waals surface area contributed by atoms with E-state index in [1.54, 1.807) is 12.4 Å². The molecule has 0 aliphatic heterocycles. The number of carbonyl (C=O) groups excluding carboxylic acids is 1. The van der Waals surface area contributed by atoms with Crippen LogP contribution in [0.4, 0.5) is 0 Å². The lowest BCUT2D eigenvalue weighted by Gasteiger charge is -2.05. The minimum atomic E-state index is -0.292. The highest BCUT2D eigenvalue weighted by Gasteiger charge is 2.10. The molecule has 0 bridgehead atoms. The van der Waals surface area contributed by atoms with E-state index in [0.29, 0.717) is 6.54 Å². The highest BCUT2D eigenvalue weighted by Crippen LogP contribution is 2.13. The van der Waals surface area contributed by atoms with E-state index in [4.69, 9.17) is 16.0 Å². The summed E-state index contributed by atoms with van der Waals surface area (Å²) in [6.07, 6.45) is 3.44. The zero-order valence-corrected chi connectivity index (χ0v) is 9.99. The van der Waals surface area contributed by atoms with Gasteiger partial charge in [-0.3, -0.25) is 9.78 Å². The fourth-order valence-electron chi connectivity index (χ4n) is 1.38. The van der Waals surface area contributed by atoms with Gasteiger partial charge in [-0.15, -0.1) is 0 Å². The predicted octanol–water partition coefficient (Wildman–Crippen LogP) is 2.57. The van der Waals surface area contributed by atoms with Gasteiger partial charge in [0.05, 0.1) is 0 Å². The molecular weight excluding hydrogens is 240 g/mol. The summed E-state index contributed by atoms with van der Waals surface area (Å²) in [5.74, 6) is -0.0864. The molecule has 0 aliphatic carbocycles. The molecule has 1 N–H and O–H groups in total. The number of nitrogens with zero attached hydrogens (tertiary/aromatic N) is 1. The maximum absolute atomic E-state index is 11.7. The SMILES string of the molecule is Cc1ccncc1CNC(=O)c1ccc(Cl)o1. The normalized spacial score (nSPS) is 10.2. The monoisotopic (exact) mass is 250 g/mol. The summed E-state index contributed by atoms with van der Waals surface area (Å²) < 4.78 is 5.00. The maximum atomic E-state index is 11.7. The number of aryl methyl sites for hydroxylation is 1. The van der Waals surface area contributed by atoms with Crippen LogP contribution in [-0.4, -0.2) is 10.9 Å². The summed E-state index contributed by atoms with van der Waals surface area (Å²) in [6.45, 7) is 2.38. The van der Waals surface area contributed by atoms with Crippen molar-refractivity contribution < 1.29 is 9.21 Å². The second-order valence-electron chi connectivity index (χ2n) is 3.59. The number of pyridine rings is 1. The second kappa shape index (κ2) is 5.01. The molecule has 0 atom stereocenters. The standard InChI is InChI=1S/C12H11ClN2O2/c1-8-4-5-14-6-9(8)7-15-12(16)10-2-3-11(13)17-10/h2-6H,7H2,1H3,(H,15,16). The zero-order valence-electron chi connectivity index (χ0n) is 9.24. The molecule has 1 amide bonds. The third-order valence-electron chi connectivity index (χ3n) is 2.38. The highest BCUT2D eigenvalue weighted by molar-refractivity contribution is 6.29. The number of rotatable bonds is 3. The molecule has 0 aromatic carbocycles. The number of halogens is 1. The average Bonchev–Trinajstić information content (AvgIpc) is 2.74. The molecule has 5 heteroatoms. The van der Waals surface area contributed by atoms with E-state index in [2.05, 4.69) is 10.3 Å². The average molecular weight is 251 g/mol. The van der Waals surface area contributed by atoms with Gasteiger partial charge in [0.1, 0.15) is 0 Å². The molecule has 0 unspecified atom stereocenters. The van der Waals surface area contributed by atoms with Crippen molar-refractivity contribution in [1.29, 1.82) is 0 Å². The quantitative estimate of drug-likeness (QED) is 0.911. The maximum Gasteiger partial charge on any atom is 0.287 e. The largest absolute Gasteiger partial charge is 0.440 e. The first-order valence-electron chi connectivity index (χ1n) is 5.10. The number of hydrogen-bond donors (Lipinski definition) is 1. The Kier molecular flexibility index (Phi) is 3.44. The molecular formula is C12H11ClN2O2. The fourth-order valence-corrected chi connectivity index (χ4v) is 1.53. The number of hydrogen-bond acceptors (Lipinski definition) is 3. The van der Waals surface area contributed by atoms with E-state index in [1.165, 1.54) is 12.1 Å². The van der Waals surface area contributed by atoms with Crippen LogP contribution in [0.1, 0.15) is 21.7 Å². The summed E-state index contributed by atoms with van der Waals surface area (Å²) in [7, 11) is 0. The Morgan fingerprint density at radius 3 is 2.94 bits per heavy atom. The second-order valence-corrected chi connectivity index (χ2v) is 3.96. The summed E-state index contributed by atoms with van der Waals surface area (Å²) in [5, 5.41) is 2.94. The Hall–Kier alpha value is -1.81. The first kappa shape index (κ1) is 11.7. The van der Waals surface area contributed by atoms with E-state index in [9.17, 15) is 4.79 Å². The molecule has 0 saturated carbocycles. The number of aromatic nitrogens is 1. The number of furan rings is 1. The molecule has 0 fully saturated rings. The first-order chi connectivity index (χ1) is 8.16. The van der Waals surface area contributed by atoms with Crippen LogP contribution in [0.15, 0.2) is 35.0 Å². The molecule has 0 spiro atoms. The Labute approximate surface area is 104 Å². The Bertz CT molecular complexity index is 537. The molecule has 2 heterocycles. The van der Waals surface area contributed by atoms with Crippen molar-refractivity contribution in [2.24, 2.45) is 0 Å². The van der Waals surface area contributed by atoms with Crippen molar-refractivity contribution in [3.05, 3.63) is 52.7 Å². The molecule has 2 aromatic heterocycles. The van der Waals surface area contributed by atoms with Crippen molar-refractivity contribution in [2.45, 2.75) is 13.5 Å². The minimum Gasteiger partial charge on any atom is -0.440 e. The van der Waals surface area contributed by atoms with Crippen molar-refractivity contribution in [3.63, 3.8) is 0 Å². The number of amides is 1. The van der Waals surface area contributed by atoms with Gasteiger partial charge in [-0.25, -0.2) is 0 Å². The zero-order chi connectivity index (χ0) is 12.3. The smallest absolute Gasteiger partial charge is 0.287 e. The molecule has 4 nitrogen and oxygen atoms in total. The van der Waals surface area contributed by atoms with Gasteiger partial charge in [0.15, 0.2) is 11.0 Å². The van der Waals surface area contributed by atoms with Gasteiger partial charge in [0, 0.05) is 18.9 Å². The van der Waals surface area contributed by atoms with Crippen LogP contribution in [0.2, 0.25) is 5.22 Å². The lowest BCUT2D eigenvalue weighted by atomic mass is 10.1. The number of carbonyl (C=O) groups is 1.